The van der Waals surface area contributed by atoms with Gasteiger partial charge in [-0.3, -0.25) is 5.43 Å². The molecule has 2 aromatic rings. The molecule has 0 radical (unpaired) electrons. The zero-order chi connectivity index (χ0) is 19.2. The maximum Gasteiger partial charge on any atom is 0.244 e. The van der Waals surface area contributed by atoms with Crippen molar-refractivity contribution in [3.63, 3.8) is 0 Å². The van der Waals surface area contributed by atoms with Crippen LogP contribution in [-0.4, -0.2) is 49.2 Å². The lowest BCUT2D eigenvalue weighted by Crippen LogP contribution is -2.30. The first kappa shape index (κ1) is 19.7. The second-order valence-corrected chi connectivity index (χ2v) is 7.21. The zero-order valence-corrected chi connectivity index (χ0v) is 15.7. The fourth-order valence-corrected chi connectivity index (χ4v) is 3.66. The molecule has 1 aromatic heterocycles. The Morgan fingerprint density at radius 2 is 2.00 bits per heavy atom. The monoisotopic (exact) mass is 378 g/mol. The van der Waals surface area contributed by atoms with Gasteiger partial charge in [-0.05, 0) is 35.9 Å². The first-order valence-electron chi connectivity index (χ1n) is 8.04. The van der Waals surface area contributed by atoms with Crippen molar-refractivity contribution in [1.82, 2.24) is 9.29 Å². The molecule has 0 aliphatic carbocycles. The molecule has 0 saturated carbocycles. The number of hydrogen-bond acceptors (Lipinski definition) is 7. The maximum atomic E-state index is 12.4. The van der Waals surface area contributed by atoms with Crippen molar-refractivity contribution in [1.29, 1.82) is 0 Å². The van der Waals surface area contributed by atoms with E-state index in [1.165, 1.54) is 36.0 Å². The van der Waals surface area contributed by atoms with Gasteiger partial charge in [0.1, 0.15) is 10.7 Å². The number of aromatic nitrogens is 1. The molecule has 0 amide bonds. The molecule has 8 nitrogen and oxygen atoms in total. The highest BCUT2D eigenvalue weighted by molar-refractivity contribution is 7.89. The van der Waals surface area contributed by atoms with Crippen LogP contribution >= 0.6 is 0 Å². The van der Waals surface area contributed by atoms with Crippen molar-refractivity contribution in [2.24, 2.45) is 5.10 Å². The molecule has 0 bridgehead atoms. The minimum absolute atomic E-state index is 0.0456. The van der Waals surface area contributed by atoms with Crippen LogP contribution in [0.2, 0.25) is 0 Å². The van der Waals surface area contributed by atoms with E-state index in [4.69, 9.17) is 4.74 Å². The van der Waals surface area contributed by atoms with E-state index >= 15 is 0 Å². The summed E-state index contributed by atoms with van der Waals surface area (Å²) in [5, 5.41) is 13.6. The molecular weight excluding hydrogens is 356 g/mol. The number of benzene rings is 1. The van der Waals surface area contributed by atoms with Gasteiger partial charge in [-0.15, -0.1) is 0 Å². The van der Waals surface area contributed by atoms with Crippen LogP contribution in [0.4, 0.5) is 5.82 Å². The van der Waals surface area contributed by atoms with E-state index in [0.717, 1.165) is 0 Å². The molecular formula is C17H22N4O4S. The average Bonchev–Trinajstić information content (AvgIpc) is 2.64. The van der Waals surface area contributed by atoms with Crippen LogP contribution < -0.4 is 10.2 Å². The second-order valence-electron chi connectivity index (χ2n) is 5.27. The number of phenols is 1. The molecule has 0 atom stereocenters. The van der Waals surface area contributed by atoms with Crippen LogP contribution in [0.3, 0.4) is 0 Å². The molecule has 26 heavy (non-hydrogen) atoms. The predicted octanol–water partition coefficient (Wildman–Crippen LogP) is 2.27. The van der Waals surface area contributed by atoms with Gasteiger partial charge in [-0.2, -0.15) is 9.41 Å². The SMILES string of the molecule is CCN(CC)S(=O)(=O)c1ccc(N/N=C/c2ccc(O)c(OC)c2)nc1. The summed E-state index contributed by atoms with van der Waals surface area (Å²) >= 11 is 0. The summed E-state index contributed by atoms with van der Waals surface area (Å²) in [6.07, 6.45) is 2.83. The molecule has 0 saturated heterocycles. The van der Waals surface area contributed by atoms with Gasteiger partial charge < -0.3 is 9.84 Å². The highest BCUT2D eigenvalue weighted by Gasteiger charge is 2.21. The minimum Gasteiger partial charge on any atom is -0.504 e. The number of aromatic hydroxyl groups is 1. The number of rotatable bonds is 8. The number of anilines is 1. The number of nitrogens with zero attached hydrogens (tertiary/aromatic N) is 3. The summed E-state index contributed by atoms with van der Waals surface area (Å²) < 4.78 is 31.2. The van der Waals surface area contributed by atoms with E-state index < -0.39 is 10.0 Å². The quantitative estimate of drug-likeness (QED) is 0.539. The van der Waals surface area contributed by atoms with E-state index in [1.54, 1.807) is 32.0 Å². The highest BCUT2D eigenvalue weighted by Crippen LogP contribution is 2.25. The molecule has 0 aliphatic rings. The standard InChI is InChI=1S/C17H22N4O4S/c1-4-21(5-2)26(23,24)14-7-9-17(18-12-14)20-19-11-13-6-8-15(22)16(10-13)25-3/h6-12,22H,4-5H2,1-3H3,(H,18,20)/b19-11+. The molecule has 140 valence electrons. The summed E-state index contributed by atoms with van der Waals surface area (Å²) in [7, 11) is -2.06. The topological polar surface area (TPSA) is 104 Å². The predicted molar refractivity (Wildman–Crippen MR) is 100 cm³/mol. The third-order valence-corrected chi connectivity index (χ3v) is 5.71. The molecule has 0 unspecified atom stereocenters. The van der Waals surface area contributed by atoms with E-state index in [9.17, 15) is 13.5 Å². The van der Waals surface area contributed by atoms with Crippen molar-refractivity contribution in [3.05, 3.63) is 42.1 Å². The van der Waals surface area contributed by atoms with E-state index in [1.807, 2.05) is 0 Å². The Balaban J connectivity index is 2.08. The van der Waals surface area contributed by atoms with E-state index in [-0.39, 0.29) is 10.6 Å². The molecule has 2 N–H and O–H groups in total. The number of nitrogens with one attached hydrogen (secondary N) is 1. The number of pyridine rings is 1. The summed E-state index contributed by atoms with van der Waals surface area (Å²) in [4.78, 5) is 4.22. The Labute approximate surface area is 153 Å². The van der Waals surface area contributed by atoms with Gasteiger partial charge in [0, 0.05) is 19.3 Å². The third-order valence-electron chi connectivity index (χ3n) is 3.68. The lowest BCUT2D eigenvalue weighted by Gasteiger charge is -2.18. The summed E-state index contributed by atoms with van der Waals surface area (Å²) in [5.41, 5.74) is 3.44. The summed E-state index contributed by atoms with van der Waals surface area (Å²) in [6, 6.07) is 7.85. The van der Waals surface area contributed by atoms with Crippen LogP contribution in [0, 0.1) is 0 Å². The number of ether oxygens (including phenoxy) is 1. The second kappa shape index (κ2) is 8.63. The van der Waals surface area contributed by atoms with Gasteiger partial charge in [0.25, 0.3) is 0 Å². The van der Waals surface area contributed by atoms with Crippen molar-refractivity contribution in [3.8, 4) is 11.5 Å². The number of hydrogen-bond donors (Lipinski definition) is 2. The Morgan fingerprint density at radius 1 is 1.27 bits per heavy atom. The van der Waals surface area contributed by atoms with Crippen LogP contribution in [0.5, 0.6) is 11.5 Å². The molecule has 0 aliphatic heterocycles. The Morgan fingerprint density at radius 3 is 2.58 bits per heavy atom. The Hall–Kier alpha value is -2.65. The minimum atomic E-state index is -3.53. The molecule has 0 fully saturated rings. The average molecular weight is 378 g/mol. The molecule has 9 heteroatoms. The maximum absolute atomic E-state index is 12.4. The van der Waals surface area contributed by atoms with Crippen LogP contribution in [0.25, 0.3) is 0 Å². The summed E-state index contributed by atoms with van der Waals surface area (Å²) in [5.74, 6) is 0.799. The fraction of sp³-hybridized carbons (Fsp3) is 0.294. The number of methoxy groups -OCH3 is 1. The normalized spacial score (nSPS) is 11.8. The first-order valence-corrected chi connectivity index (χ1v) is 9.48. The first-order chi connectivity index (χ1) is 12.4. The molecule has 0 spiro atoms. The Bertz CT molecular complexity index is 863. The third kappa shape index (κ3) is 4.50. The van der Waals surface area contributed by atoms with E-state index in [2.05, 4.69) is 15.5 Å². The van der Waals surface area contributed by atoms with Crippen LogP contribution in [-0.2, 0) is 10.0 Å². The van der Waals surface area contributed by atoms with Gasteiger partial charge in [-0.25, -0.2) is 13.4 Å². The Kier molecular flexibility index (Phi) is 6.53. The lowest BCUT2D eigenvalue weighted by molar-refractivity contribution is 0.373. The van der Waals surface area contributed by atoms with Crippen molar-refractivity contribution >= 4 is 22.1 Å². The lowest BCUT2D eigenvalue weighted by atomic mass is 10.2. The van der Waals surface area contributed by atoms with Crippen molar-refractivity contribution < 1.29 is 18.3 Å². The largest absolute Gasteiger partial charge is 0.504 e. The van der Waals surface area contributed by atoms with Gasteiger partial charge >= 0.3 is 0 Å². The number of hydrazone groups is 1. The molecule has 1 heterocycles. The molecule has 2 rings (SSSR count). The molecule has 1 aromatic carbocycles. The zero-order valence-electron chi connectivity index (χ0n) is 14.9. The van der Waals surface area contributed by atoms with Crippen LogP contribution in [0.1, 0.15) is 19.4 Å². The highest BCUT2D eigenvalue weighted by atomic mass is 32.2. The van der Waals surface area contributed by atoms with Gasteiger partial charge in [0.2, 0.25) is 10.0 Å². The number of phenolic OH excluding ortho intramolecular Hbond substituents is 1. The van der Waals surface area contributed by atoms with Crippen molar-refractivity contribution in [2.45, 2.75) is 18.7 Å². The number of sulfonamides is 1. The van der Waals surface area contributed by atoms with Gasteiger partial charge in [-0.1, -0.05) is 13.8 Å². The van der Waals surface area contributed by atoms with E-state index in [0.29, 0.717) is 30.2 Å². The fourth-order valence-electron chi connectivity index (χ4n) is 2.26. The smallest absolute Gasteiger partial charge is 0.244 e. The van der Waals surface area contributed by atoms with Crippen LogP contribution in [0.15, 0.2) is 46.5 Å². The van der Waals surface area contributed by atoms with Crippen molar-refractivity contribution in [2.75, 3.05) is 25.6 Å². The van der Waals surface area contributed by atoms with Gasteiger partial charge in [0.05, 0.1) is 13.3 Å². The summed E-state index contributed by atoms with van der Waals surface area (Å²) in [6.45, 7) is 4.38. The van der Waals surface area contributed by atoms with Gasteiger partial charge in [0.15, 0.2) is 11.5 Å².